The number of primary sulfonamides is 1. The van der Waals surface area contributed by atoms with Crippen molar-refractivity contribution in [1.82, 2.24) is 0 Å². The quantitative estimate of drug-likeness (QED) is 0.847. The Kier molecular flexibility index (Phi) is 3.41. The lowest BCUT2D eigenvalue weighted by atomic mass is 10.3. The van der Waals surface area contributed by atoms with Crippen molar-refractivity contribution in [1.29, 1.82) is 0 Å². The standard InChI is InChI=1S/C10H13N3O2S2/c1-7-6-16-10(12-7)13-8-2-4-9(5-3-8)17(11,14)15/h2-5,7H,6H2,1H3,(H,12,13)(H2,11,14,15). The van der Waals surface area contributed by atoms with E-state index in [1.807, 2.05) is 6.92 Å². The molecule has 0 aliphatic carbocycles. The van der Waals surface area contributed by atoms with Gasteiger partial charge in [0, 0.05) is 11.4 Å². The zero-order valence-corrected chi connectivity index (χ0v) is 10.9. The molecule has 1 aromatic rings. The van der Waals surface area contributed by atoms with E-state index in [1.165, 1.54) is 12.1 Å². The van der Waals surface area contributed by atoms with Crippen LogP contribution in [0.4, 0.5) is 5.69 Å². The molecule has 1 aliphatic rings. The molecule has 0 saturated carbocycles. The number of benzene rings is 1. The first-order valence-corrected chi connectivity index (χ1v) is 7.59. The Morgan fingerprint density at radius 2 is 2.06 bits per heavy atom. The summed E-state index contributed by atoms with van der Waals surface area (Å²) in [6.45, 7) is 2.05. The Morgan fingerprint density at radius 1 is 1.41 bits per heavy atom. The maximum absolute atomic E-state index is 11.1. The second-order valence-corrected chi connectivity index (χ2v) is 6.36. The number of hydrogen-bond acceptors (Lipinski definition) is 5. The highest BCUT2D eigenvalue weighted by Gasteiger charge is 2.14. The van der Waals surface area contributed by atoms with Crippen molar-refractivity contribution in [2.75, 3.05) is 11.1 Å². The van der Waals surface area contributed by atoms with Gasteiger partial charge in [0.15, 0.2) is 5.17 Å². The van der Waals surface area contributed by atoms with Gasteiger partial charge in [-0.1, -0.05) is 11.8 Å². The van der Waals surface area contributed by atoms with Crippen LogP contribution in [0.5, 0.6) is 0 Å². The molecule has 7 heteroatoms. The summed E-state index contributed by atoms with van der Waals surface area (Å²) < 4.78 is 22.1. The van der Waals surface area contributed by atoms with Crippen molar-refractivity contribution < 1.29 is 8.42 Å². The molecule has 2 rings (SSSR count). The van der Waals surface area contributed by atoms with Gasteiger partial charge in [-0.2, -0.15) is 0 Å². The minimum absolute atomic E-state index is 0.109. The molecule has 5 nitrogen and oxygen atoms in total. The third-order valence-electron chi connectivity index (χ3n) is 2.23. The average Bonchev–Trinajstić information content (AvgIpc) is 2.63. The van der Waals surface area contributed by atoms with Gasteiger partial charge in [0.05, 0.1) is 10.9 Å². The van der Waals surface area contributed by atoms with Gasteiger partial charge in [-0.05, 0) is 31.2 Å². The van der Waals surface area contributed by atoms with Gasteiger partial charge in [0.25, 0.3) is 0 Å². The second kappa shape index (κ2) is 4.67. The first-order chi connectivity index (χ1) is 7.95. The first kappa shape index (κ1) is 12.4. The monoisotopic (exact) mass is 271 g/mol. The summed E-state index contributed by atoms with van der Waals surface area (Å²) >= 11 is 1.65. The van der Waals surface area contributed by atoms with Crippen LogP contribution in [-0.4, -0.2) is 25.4 Å². The Bertz CT molecular complexity index is 537. The number of thioether (sulfide) groups is 1. The number of nitrogens with zero attached hydrogens (tertiary/aromatic N) is 1. The Balaban J connectivity index is 2.12. The summed E-state index contributed by atoms with van der Waals surface area (Å²) in [7, 11) is -3.62. The maximum Gasteiger partial charge on any atom is 0.238 e. The third-order valence-corrected chi connectivity index (χ3v) is 4.29. The van der Waals surface area contributed by atoms with Crippen molar-refractivity contribution in [2.24, 2.45) is 10.1 Å². The number of hydrogen-bond donors (Lipinski definition) is 2. The molecule has 0 bridgehead atoms. The van der Waals surface area contributed by atoms with E-state index in [0.29, 0.717) is 6.04 Å². The lowest BCUT2D eigenvalue weighted by Crippen LogP contribution is -2.12. The number of anilines is 1. The van der Waals surface area contributed by atoms with Gasteiger partial charge in [0.1, 0.15) is 0 Å². The molecule has 92 valence electrons. The van der Waals surface area contributed by atoms with Crippen molar-refractivity contribution in [2.45, 2.75) is 17.9 Å². The van der Waals surface area contributed by atoms with Gasteiger partial charge >= 0.3 is 0 Å². The van der Waals surface area contributed by atoms with E-state index in [2.05, 4.69) is 10.3 Å². The summed E-state index contributed by atoms with van der Waals surface area (Å²) in [6.07, 6.45) is 0. The molecule has 0 fully saturated rings. The van der Waals surface area contributed by atoms with Crippen LogP contribution >= 0.6 is 11.8 Å². The minimum Gasteiger partial charge on any atom is -0.335 e. The van der Waals surface area contributed by atoms with Crippen molar-refractivity contribution in [3.8, 4) is 0 Å². The van der Waals surface area contributed by atoms with Gasteiger partial charge < -0.3 is 5.32 Å². The van der Waals surface area contributed by atoms with Crippen LogP contribution in [0.25, 0.3) is 0 Å². The van der Waals surface area contributed by atoms with E-state index in [-0.39, 0.29) is 4.90 Å². The van der Waals surface area contributed by atoms with Gasteiger partial charge in [-0.3, -0.25) is 4.99 Å². The summed E-state index contributed by atoms with van der Waals surface area (Å²) in [5, 5.41) is 9.00. The third kappa shape index (κ3) is 3.21. The van der Waals surface area contributed by atoms with Crippen LogP contribution in [0.15, 0.2) is 34.2 Å². The zero-order chi connectivity index (χ0) is 12.5. The molecule has 1 aliphatic heterocycles. The molecule has 3 N–H and O–H groups in total. The van der Waals surface area contributed by atoms with E-state index in [4.69, 9.17) is 5.14 Å². The Hall–Kier alpha value is -1.05. The molecule has 17 heavy (non-hydrogen) atoms. The molecule has 0 radical (unpaired) electrons. The van der Waals surface area contributed by atoms with E-state index in [1.54, 1.807) is 23.9 Å². The fourth-order valence-electron chi connectivity index (χ4n) is 1.39. The fourth-order valence-corrected chi connectivity index (χ4v) is 2.83. The number of rotatable bonds is 2. The topological polar surface area (TPSA) is 84.5 Å². The highest BCUT2D eigenvalue weighted by atomic mass is 32.2. The molecule has 0 aromatic heterocycles. The van der Waals surface area contributed by atoms with Crippen LogP contribution in [0.1, 0.15) is 6.92 Å². The van der Waals surface area contributed by atoms with E-state index >= 15 is 0 Å². The smallest absolute Gasteiger partial charge is 0.238 e. The fraction of sp³-hybridized carbons (Fsp3) is 0.300. The van der Waals surface area contributed by atoms with Gasteiger partial charge in [0.2, 0.25) is 10.0 Å². The lowest BCUT2D eigenvalue weighted by Gasteiger charge is -2.05. The predicted molar refractivity (Wildman–Crippen MR) is 70.8 cm³/mol. The first-order valence-electron chi connectivity index (χ1n) is 5.05. The van der Waals surface area contributed by atoms with E-state index < -0.39 is 10.0 Å². The van der Waals surface area contributed by atoms with Crippen molar-refractivity contribution in [3.63, 3.8) is 0 Å². The molecular weight excluding hydrogens is 258 g/mol. The zero-order valence-electron chi connectivity index (χ0n) is 9.25. The number of amidine groups is 1. The second-order valence-electron chi connectivity index (χ2n) is 3.79. The highest BCUT2D eigenvalue weighted by molar-refractivity contribution is 8.14. The predicted octanol–water partition coefficient (Wildman–Crippen LogP) is 1.24. The molecule has 1 unspecified atom stereocenters. The van der Waals surface area contributed by atoms with Crippen LogP contribution in [-0.2, 0) is 10.0 Å². The van der Waals surface area contributed by atoms with Gasteiger partial charge in [-0.15, -0.1) is 0 Å². The largest absolute Gasteiger partial charge is 0.335 e. The summed E-state index contributed by atoms with van der Waals surface area (Å²) in [6, 6.07) is 6.62. The van der Waals surface area contributed by atoms with Crippen LogP contribution in [0, 0.1) is 0 Å². The molecule has 1 atom stereocenters. The summed E-state index contributed by atoms with van der Waals surface area (Å²) in [5.74, 6) is 0.970. The normalized spacial score (nSPS) is 20.1. The lowest BCUT2D eigenvalue weighted by molar-refractivity contribution is 0.598. The number of sulfonamides is 1. The molecule has 1 aromatic carbocycles. The highest BCUT2D eigenvalue weighted by Crippen LogP contribution is 2.20. The van der Waals surface area contributed by atoms with E-state index in [0.717, 1.165) is 16.6 Å². The average molecular weight is 271 g/mol. The SMILES string of the molecule is CC1CSC(Nc2ccc(S(N)(=O)=O)cc2)=N1. The molecule has 0 amide bonds. The van der Waals surface area contributed by atoms with Crippen LogP contribution in [0.3, 0.4) is 0 Å². The molecule has 0 spiro atoms. The summed E-state index contributed by atoms with van der Waals surface area (Å²) in [5.41, 5.74) is 0.803. The van der Waals surface area contributed by atoms with Crippen molar-refractivity contribution in [3.05, 3.63) is 24.3 Å². The summed E-state index contributed by atoms with van der Waals surface area (Å²) in [4.78, 5) is 4.49. The minimum atomic E-state index is -3.62. The Labute approximate surface area is 105 Å². The Morgan fingerprint density at radius 3 is 2.53 bits per heavy atom. The maximum atomic E-state index is 11.1. The van der Waals surface area contributed by atoms with E-state index in [9.17, 15) is 8.42 Å². The van der Waals surface area contributed by atoms with Gasteiger partial charge in [-0.25, -0.2) is 13.6 Å². The van der Waals surface area contributed by atoms with Crippen LogP contribution < -0.4 is 10.5 Å². The number of nitrogens with two attached hydrogens (primary N) is 1. The molecular formula is C10H13N3O2S2. The number of nitrogens with one attached hydrogen (secondary N) is 1. The number of aliphatic imine (C=N–C) groups is 1. The molecule has 1 heterocycles. The molecule has 0 saturated heterocycles. The van der Waals surface area contributed by atoms with Crippen molar-refractivity contribution >= 4 is 32.6 Å². The van der Waals surface area contributed by atoms with Crippen LogP contribution in [0.2, 0.25) is 0 Å².